The number of methoxy groups -OCH3 is 1. The summed E-state index contributed by atoms with van der Waals surface area (Å²) >= 11 is 0. The zero-order valence-corrected chi connectivity index (χ0v) is 9.34. The van der Waals surface area contributed by atoms with E-state index in [0.29, 0.717) is 0 Å². The lowest BCUT2D eigenvalue weighted by Crippen LogP contribution is -2.13. The summed E-state index contributed by atoms with van der Waals surface area (Å²) in [5.74, 6) is -1.44. The van der Waals surface area contributed by atoms with Crippen LogP contribution in [0.2, 0.25) is 0 Å². The summed E-state index contributed by atoms with van der Waals surface area (Å²) in [5, 5.41) is 27.2. The molecule has 2 aromatic rings. The van der Waals surface area contributed by atoms with Crippen LogP contribution in [0.5, 0.6) is 17.5 Å². The van der Waals surface area contributed by atoms with Crippen LogP contribution in [0.3, 0.4) is 0 Å². The lowest BCUT2D eigenvalue weighted by Gasteiger charge is -2.04. The molecular weight excluding hydrogens is 240 g/mol. The van der Waals surface area contributed by atoms with Gasteiger partial charge < -0.3 is 14.9 Å². The van der Waals surface area contributed by atoms with E-state index < -0.39 is 11.7 Å². The number of benzene rings is 1. The zero-order chi connectivity index (χ0) is 13.1. The molecule has 94 valence electrons. The van der Waals surface area contributed by atoms with Crippen LogP contribution < -0.4 is 10.1 Å². The number of H-pyrrole nitrogens is 1. The minimum atomic E-state index is -0.637. The van der Waals surface area contributed by atoms with Crippen molar-refractivity contribution in [2.45, 2.75) is 0 Å². The molecule has 1 aromatic heterocycles. The van der Waals surface area contributed by atoms with Gasteiger partial charge in [-0.25, -0.2) is 5.10 Å². The number of anilines is 1. The van der Waals surface area contributed by atoms with Gasteiger partial charge in [0.1, 0.15) is 0 Å². The van der Waals surface area contributed by atoms with Crippen molar-refractivity contribution in [2.75, 3.05) is 12.4 Å². The Hall–Kier alpha value is -2.77. The molecular formula is C10H10N4O4. The molecule has 8 nitrogen and oxygen atoms in total. The van der Waals surface area contributed by atoms with Crippen LogP contribution >= 0.6 is 0 Å². The first-order valence-corrected chi connectivity index (χ1v) is 4.90. The van der Waals surface area contributed by atoms with Crippen molar-refractivity contribution in [3.8, 4) is 17.5 Å². The number of aromatic amines is 1. The number of amides is 1. The third-order valence-corrected chi connectivity index (χ3v) is 2.14. The Morgan fingerprint density at radius 1 is 1.44 bits per heavy atom. The number of ether oxygens (including phenoxy) is 1. The molecule has 0 saturated heterocycles. The second kappa shape index (κ2) is 4.62. The Morgan fingerprint density at radius 2 is 2.22 bits per heavy atom. The highest BCUT2D eigenvalue weighted by Gasteiger charge is 2.15. The molecule has 0 saturated carbocycles. The van der Waals surface area contributed by atoms with Gasteiger partial charge in [-0.3, -0.25) is 10.1 Å². The number of carbonyl (C=O) groups is 1. The molecule has 0 bridgehead atoms. The van der Waals surface area contributed by atoms with Crippen molar-refractivity contribution in [1.29, 1.82) is 0 Å². The maximum Gasteiger partial charge on any atom is 0.336 e. The van der Waals surface area contributed by atoms with Gasteiger partial charge in [0, 0.05) is 0 Å². The number of phenolic OH excluding ortho intramolecular Hbond substituents is 2. The molecule has 0 fully saturated rings. The van der Waals surface area contributed by atoms with Gasteiger partial charge in [0.25, 0.3) is 5.91 Å². The molecule has 8 heteroatoms. The zero-order valence-electron chi connectivity index (χ0n) is 9.34. The van der Waals surface area contributed by atoms with E-state index >= 15 is 0 Å². The fourth-order valence-corrected chi connectivity index (χ4v) is 1.28. The number of carbonyl (C=O) groups excluding carboxylic acids is 1. The van der Waals surface area contributed by atoms with Crippen LogP contribution in [0.4, 0.5) is 5.95 Å². The van der Waals surface area contributed by atoms with Crippen molar-refractivity contribution >= 4 is 11.9 Å². The van der Waals surface area contributed by atoms with Crippen molar-refractivity contribution in [2.24, 2.45) is 0 Å². The Kier molecular flexibility index (Phi) is 3.00. The second-order valence-corrected chi connectivity index (χ2v) is 3.30. The van der Waals surface area contributed by atoms with E-state index in [-0.39, 0.29) is 23.3 Å². The average Bonchev–Trinajstić information content (AvgIpc) is 2.80. The van der Waals surface area contributed by atoms with E-state index in [0.717, 1.165) is 0 Å². The second-order valence-electron chi connectivity index (χ2n) is 3.30. The van der Waals surface area contributed by atoms with Gasteiger partial charge in [0.15, 0.2) is 11.5 Å². The number of phenols is 2. The standard InChI is InChI=1S/C10H10N4O4/c1-18-10-12-9(13-14-10)11-8(17)5-3-2-4-6(15)7(5)16/h2-4,15-16H,1H3,(H2,11,12,13,14,17). The van der Waals surface area contributed by atoms with Crippen LogP contribution in [-0.4, -0.2) is 38.4 Å². The lowest BCUT2D eigenvalue weighted by molar-refractivity contribution is 0.102. The predicted molar refractivity (Wildman–Crippen MR) is 60.7 cm³/mol. The third-order valence-electron chi connectivity index (χ3n) is 2.14. The largest absolute Gasteiger partial charge is 0.504 e. The topological polar surface area (TPSA) is 120 Å². The Balaban J connectivity index is 2.19. The van der Waals surface area contributed by atoms with Crippen molar-refractivity contribution in [3.63, 3.8) is 0 Å². The summed E-state index contributed by atoms with van der Waals surface area (Å²) in [7, 11) is 1.38. The van der Waals surface area contributed by atoms with Crippen LogP contribution in [-0.2, 0) is 0 Å². The highest BCUT2D eigenvalue weighted by molar-refractivity contribution is 6.05. The number of hydrogen-bond donors (Lipinski definition) is 4. The number of aromatic nitrogens is 3. The summed E-state index contributed by atoms with van der Waals surface area (Å²) in [6.45, 7) is 0. The van der Waals surface area contributed by atoms with Crippen molar-refractivity contribution in [3.05, 3.63) is 23.8 Å². The molecule has 0 aliphatic rings. The Labute approximate surface area is 101 Å². The SMILES string of the molecule is COc1n[nH]c(NC(=O)c2cccc(O)c2O)n1. The van der Waals surface area contributed by atoms with E-state index in [9.17, 15) is 15.0 Å². The van der Waals surface area contributed by atoms with Crippen LogP contribution in [0.25, 0.3) is 0 Å². The third kappa shape index (κ3) is 2.17. The van der Waals surface area contributed by atoms with E-state index in [1.807, 2.05) is 0 Å². The van der Waals surface area contributed by atoms with Gasteiger partial charge >= 0.3 is 6.01 Å². The molecule has 18 heavy (non-hydrogen) atoms. The summed E-state index contributed by atoms with van der Waals surface area (Å²) in [4.78, 5) is 15.6. The Bertz CT molecular complexity index is 581. The summed E-state index contributed by atoms with van der Waals surface area (Å²) < 4.78 is 4.73. The summed E-state index contributed by atoms with van der Waals surface area (Å²) in [6, 6.07) is 4.14. The smallest absolute Gasteiger partial charge is 0.336 e. The van der Waals surface area contributed by atoms with Crippen molar-refractivity contribution < 1.29 is 19.7 Å². The molecule has 4 N–H and O–H groups in total. The fraction of sp³-hybridized carbons (Fsp3) is 0.100. The van der Waals surface area contributed by atoms with Gasteiger partial charge in [-0.05, 0) is 12.1 Å². The molecule has 0 spiro atoms. The normalized spacial score (nSPS) is 10.1. The van der Waals surface area contributed by atoms with Gasteiger partial charge in [0.05, 0.1) is 12.7 Å². The molecule has 0 atom stereocenters. The first kappa shape index (κ1) is 11.7. The maximum absolute atomic E-state index is 11.8. The molecule has 0 radical (unpaired) electrons. The highest BCUT2D eigenvalue weighted by Crippen LogP contribution is 2.28. The maximum atomic E-state index is 11.8. The van der Waals surface area contributed by atoms with E-state index in [1.165, 1.54) is 25.3 Å². The summed E-state index contributed by atoms with van der Waals surface area (Å²) in [5.41, 5.74) is -0.0784. The molecule has 0 unspecified atom stereocenters. The first-order chi connectivity index (χ1) is 8.61. The number of aromatic hydroxyl groups is 2. The molecule has 0 aliphatic carbocycles. The van der Waals surface area contributed by atoms with Gasteiger partial charge in [-0.1, -0.05) is 6.07 Å². The minimum Gasteiger partial charge on any atom is -0.504 e. The molecule has 1 heterocycles. The minimum absolute atomic E-state index is 0.0691. The molecule has 0 aliphatic heterocycles. The highest BCUT2D eigenvalue weighted by atomic mass is 16.5. The number of hydrogen-bond acceptors (Lipinski definition) is 6. The number of rotatable bonds is 3. The van der Waals surface area contributed by atoms with Crippen LogP contribution in [0, 0.1) is 0 Å². The first-order valence-electron chi connectivity index (χ1n) is 4.90. The Morgan fingerprint density at radius 3 is 2.89 bits per heavy atom. The van der Waals surface area contributed by atoms with Crippen LogP contribution in [0.15, 0.2) is 18.2 Å². The number of para-hydroxylation sites is 1. The monoisotopic (exact) mass is 250 g/mol. The quantitative estimate of drug-likeness (QED) is 0.588. The molecule has 2 rings (SSSR count). The van der Waals surface area contributed by atoms with Crippen LogP contribution in [0.1, 0.15) is 10.4 Å². The fourth-order valence-electron chi connectivity index (χ4n) is 1.28. The van der Waals surface area contributed by atoms with Gasteiger partial charge in [-0.15, -0.1) is 5.10 Å². The van der Waals surface area contributed by atoms with E-state index in [4.69, 9.17) is 4.74 Å². The summed E-state index contributed by atoms with van der Waals surface area (Å²) in [6.07, 6.45) is 0. The average molecular weight is 250 g/mol. The predicted octanol–water partition coefficient (Wildman–Crippen LogP) is 0.477. The van der Waals surface area contributed by atoms with Gasteiger partial charge in [0.2, 0.25) is 5.95 Å². The molecule has 1 aromatic carbocycles. The van der Waals surface area contributed by atoms with E-state index in [2.05, 4.69) is 20.5 Å². The number of nitrogens with one attached hydrogen (secondary N) is 2. The number of nitrogens with zero attached hydrogens (tertiary/aromatic N) is 2. The van der Waals surface area contributed by atoms with E-state index in [1.54, 1.807) is 0 Å². The molecule has 1 amide bonds. The lowest BCUT2D eigenvalue weighted by atomic mass is 10.2. The van der Waals surface area contributed by atoms with Crippen molar-refractivity contribution in [1.82, 2.24) is 15.2 Å². The van der Waals surface area contributed by atoms with Gasteiger partial charge in [-0.2, -0.15) is 4.98 Å².